The lowest BCUT2D eigenvalue weighted by molar-refractivity contribution is 0.122. The Kier molecular flexibility index (Phi) is 6.43. The number of para-hydroxylation sites is 1. The maximum absolute atomic E-state index is 6.00. The van der Waals surface area contributed by atoms with E-state index in [1.807, 2.05) is 42.5 Å². The number of aromatic amines is 1. The molecular formula is C28H28N6O3. The Morgan fingerprint density at radius 3 is 2.57 bits per heavy atom. The molecular weight excluding hydrogens is 468 g/mol. The molecule has 9 heteroatoms. The molecule has 37 heavy (non-hydrogen) atoms. The van der Waals surface area contributed by atoms with E-state index in [-0.39, 0.29) is 0 Å². The largest absolute Gasteiger partial charge is 0.497 e. The first-order valence-electron chi connectivity index (χ1n) is 12.4. The molecule has 3 heterocycles. The first-order chi connectivity index (χ1) is 18.2. The van der Waals surface area contributed by atoms with E-state index in [0.29, 0.717) is 37.7 Å². The SMILES string of the molecule is COc1ccc(CCOc2nc(Nc3ccc4[nH]c5ccccc5c4c3)nc(N3CCOCC3)n2)cc1. The molecule has 0 spiro atoms. The topological polar surface area (TPSA) is 97.4 Å². The van der Waals surface area contributed by atoms with Gasteiger partial charge in [0.05, 0.1) is 26.9 Å². The number of methoxy groups -OCH3 is 1. The lowest BCUT2D eigenvalue weighted by Crippen LogP contribution is -2.37. The minimum Gasteiger partial charge on any atom is -0.497 e. The lowest BCUT2D eigenvalue weighted by Gasteiger charge is -2.27. The molecule has 0 atom stereocenters. The molecule has 0 amide bonds. The number of aromatic nitrogens is 4. The van der Waals surface area contributed by atoms with E-state index in [1.165, 1.54) is 5.39 Å². The number of fused-ring (bicyclic) bond motifs is 3. The van der Waals surface area contributed by atoms with E-state index >= 15 is 0 Å². The van der Waals surface area contributed by atoms with Gasteiger partial charge in [0.25, 0.3) is 0 Å². The average molecular weight is 497 g/mol. The number of ether oxygens (including phenoxy) is 3. The summed E-state index contributed by atoms with van der Waals surface area (Å²) < 4.78 is 16.7. The van der Waals surface area contributed by atoms with Crippen molar-refractivity contribution in [2.24, 2.45) is 0 Å². The van der Waals surface area contributed by atoms with Gasteiger partial charge in [-0.3, -0.25) is 0 Å². The molecule has 3 aromatic carbocycles. The van der Waals surface area contributed by atoms with Gasteiger partial charge in [-0.15, -0.1) is 0 Å². The van der Waals surface area contributed by atoms with Gasteiger partial charge in [-0.25, -0.2) is 0 Å². The van der Waals surface area contributed by atoms with Gasteiger partial charge in [0.2, 0.25) is 11.9 Å². The molecule has 1 fully saturated rings. The fourth-order valence-electron chi connectivity index (χ4n) is 4.48. The van der Waals surface area contributed by atoms with Crippen molar-refractivity contribution < 1.29 is 14.2 Å². The summed E-state index contributed by atoms with van der Waals surface area (Å²) >= 11 is 0. The molecule has 0 bridgehead atoms. The molecule has 6 rings (SSSR count). The minimum absolute atomic E-state index is 0.292. The van der Waals surface area contributed by atoms with Crippen LogP contribution in [-0.4, -0.2) is 60.0 Å². The van der Waals surface area contributed by atoms with E-state index in [2.05, 4.69) is 49.4 Å². The number of morpholine rings is 1. The summed E-state index contributed by atoms with van der Waals surface area (Å²) in [6, 6.07) is 22.7. The highest BCUT2D eigenvalue weighted by atomic mass is 16.5. The summed E-state index contributed by atoms with van der Waals surface area (Å²) in [6.45, 7) is 3.16. The van der Waals surface area contributed by atoms with Gasteiger partial charge in [-0.1, -0.05) is 30.3 Å². The van der Waals surface area contributed by atoms with E-state index < -0.39 is 0 Å². The van der Waals surface area contributed by atoms with Gasteiger partial charge in [0, 0.05) is 47.0 Å². The predicted octanol–water partition coefficient (Wildman–Crippen LogP) is 4.72. The second-order valence-corrected chi connectivity index (χ2v) is 8.84. The molecule has 1 saturated heterocycles. The van der Waals surface area contributed by atoms with Crippen LogP contribution in [0.1, 0.15) is 5.56 Å². The van der Waals surface area contributed by atoms with Crippen molar-refractivity contribution in [3.63, 3.8) is 0 Å². The van der Waals surface area contributed by atoms with Crippen molar-refractivity contribution in [3.05, 3.63) is 72.3 Å². The average Bonchev–Trinajstić information content (AvgIpc) is 3.32. The Labute approximate surface area is 214 Å². The summed E-state index contributed by atoms with van der Waals surface area (Å²) in [5, 5.41) is 5.68. The third-order valence-electron chi connectivity index (χ3n) is 6.44. The van der Waals surface area contributed by atoms with Crippen LogP contribution in [0.5, 0.6) is 11.8 Å². The fraction of sp³-hybridized carbons (Fsp3) is 0.250. The molecule has 0 aliphatic carbocycles. The molecule has 0 radical (unpaired) electrons. The Morgan fingerprint density at radius 2 is 1.73 bits per heavy atom. The fourth-order valence-corrected chi connectivity index (χ4v) is 4.48. The number of nitrogens with zero attached hydrogens (tertiary/aromatic N) is 4. The molecule has 2 N–H and O–H groups in total. The smallest absolute Gasteiger partial charge is 0.323 e. The maximum Gasteiger partial charge on any atom is 0.323 e. The van der Waals surface area contributed by atoms with Gasteiger partial charge >= 0.3 is 6.01 Å². The Bertz CT molecular complexity index is 1510. The molecule has 2 aromatic heterocycles. The van der Waals surface area contributed by atoms with E-state index in [1.54, 1.807) is 7.11 Å². The first kappa shape index (κ1) is 23.1. The highest BCUT2D eigenvalue weighted by Gasteiger charge is 2.18. The molecule has 9 nitrogen and oxygen atoms in total. The Balaban J connectivity index is 1.24. The van der Waals surface area contributed by atoms with Gasteiger partial charge in [-0.2, -0.15) is 15.0 Å². The molecule has 1 aliphatic heterocycles. The van der Waals surface area contributed by atoms with E-state index in [0.717, 1.165) is 52.9 Å². The number of hydrogen-bond acceptors (Lipinski definition) is 8. The zero-order valence-corrected chi connectivity index (χ0v) is 20.6. The van der Waals surface area contributed by atoms with Crippen LogP contribution in [0.25, 0.3) is 21.8 Å². The van der Waals surface area contributed by atoms with Gasteiger partial charge < -0.3 is 29.4 Å². The number of benzene rings is 3. The number of rotatable bonds is 8. The predicted molar refractivity (Wildman–Crippen MR) is 144 cm³/mol. The number of anilines is 3. The van der Waals surface area contributed by atoms with Crippen LogP contribution in [0.4, 0.5) is 17.6 Å². The molecule has 0 saturated carbocycles. The van der Waals surface area contributed by atoms with Crippen LogP contribution in [0.3, 0.4) is 0 Å². The van der Waals surface area contributed by atoms with Gasteiger partial charge in [0.15, 0.2) is 0 Å². The van der Waals surface area contributed by atoms with E-state index in [4.69, 9.17) is 19.2 Å². The molecule has 0 unspecified atom stereocenters. The highest BCUT2D eigenvalue weighted by Crippen LogP contribution is 2.29. The Morgan fingerprint density at radius 1 is 0.919 bits per heavy atom. The Hall–Kier alpha value is -4.37. The number of nitrogens with one attached hydrogen (secondary N) is 2. The summed E-state index contributed by atoms with van der Waals surface area (Å²) in [7, 11) is 1.66. The van der Waals surface area contributed by atoms with Crippen molar-refractivity contribution in [1.29, 1.82) is 0 Å². The molecule has 188 valence electrons. The maximum atomic E-state index is 6.00. The van der Waals surface area contributed by atoms with Crippen LogP contribution >= 0.6 is 0 Å². The zero-order chi connectivity index (χ0) is 25.0. The summed E-state index contributed by atoms with van der Waals surface area (Å²) in [5.41, 5.74) is 4.23. The van der Waals surface area contributed by atoms with Gasteiger partial charge in [0.1, 0.15) is 5.75 Å². The van der Waals surface area contributed by atoms with Crippen LogP contribution in [0, 0.1) is 0 Å². The summed E-state index contributed by atoms with van der Waals surface area (Å²) in [4.78, 5) is 19.4. The van der Waals surface area contributed by atoms with Gasteiger partial charge in [-0.05, 0) is 42.0 Å². The van der Waals surface area contributed by atoms with Crippen LogP contribution < -0.4 is 19.7 Å². The van der Waals surface area contributed by atoms with Crippen molar-refractivity contribution in [2.45, 2.75) is 6.42 Å². The van der Waals surface area contributed by atoms with Crippen molar-refractivity contribution in [1.82, 2.24) is 19.9 Å². The standard InChI is InChI=1S/C28H28N6O3/c1-35-21-9-6-19(7-10-21)12-15-37-28-32-26(31-27(33-28)34-13-16-36-17-14-34)29-20-8-11-25-23(18-20)22-4-2-3-5-24(22)30-25/h2-11,18,30H,12-17H2,1H3,(H,29,31,32,33). The molecule has 1 aliphatic rings. The third-order valence-corrected chi connectivity index (χ3v) is 6.44. The van der Waals surface area contributed by atoms with Crippen LogP contribution in [-0.2, 0) is 11.2 Å². The van der Waals surface area contributed by atoms with Crippen molar-refractivity contribution in [3.8, 4) is 11.8 Å². The quantitative estimate of drug-likeness (QED) is 0.319. The van der Waals surface area contributed by atoms with Crippen LogP contribution in [0.15, 0.2) is 66.7 Å². The van der Waals surface area contributed by atoms with Crippen molar-refractivity contribution >= 4 is 39.4 Å². The monoisotopic (exact) mass is 496 g/mol. The highest BCUT2D eigenvalue weighted by molar-refractivity contribution is 6.08. The second-order valence-electron chi connectivity index (χ2n) is 8.84. The second kappa shape index (κ2) is 10.3. The van der Waals surface area contributed by atoms with Crippen molar-refractivity contribution in [2.75, 3.05) is 50.2 Å². The lowest BCUT2D eigenvalue weighted by atomic mass is 10.1. The third kappa shape index (κ3) is 5.12. The minimum atomic E-state index is 0.292. The number of hydrogen-bond donors (Lipinski definition) is 2. The zero-order valence-electron chi connectivity index (χ0n) is 20.6. The summed E-state index contributed by atoms with van der Waals surface area (Å²) in [5.74, 6) is 1.85. The first-order valence-corrected chi connectivity index (χ1v) is 12.4. The summed E-state index contributed by atoms with van der Waals surface area (Å²) in [6.07, 6.45) is 0.725. The number of H-pyrrole nitrogens is 1. The molecule has 5 aromatic rings. The van der Waals surface area contributed by atoms with Crippen LogP contribution in [0.2, 0.25) is 0 Å². The van der Waals surface area contributed by atoms with E-state index in [9.17, 15) is 0 Å². The normalized spacial score (nSPS) is 13.7.